The lowest BCUT2D eigenvalue weighted by Gasteiger charge is -2.35. The molecule has 8 heteroatoms. The zero-order valence-corrected chi connectivity index (χ0v) is 22.5. The summed E-state index contributed by atoms with van der Waals surface area (Å²) in [6.07, 6.45) is -0.714. The minimum absolute atomic E-state index is 0.141. The second kappa shape index (κ2) is 10.1. The molecule has 0 bridgehead atoms. The zero-order chi connectivity index (χ0) is 23.5. The fourth-order valence-electron chi connectivity index (χ4n) is 2.69. The first-order chi connectivity index (χ1) is 13.4. The van der Waals surface area contributed by atoms with Gasteiger partial charge in [0.25, 0.3) is 0 Å². The Bertz CT molecular complexity index is 692. The number of amides is 1. The van der Waals surface area contributed by atoms with Gasteiger partial charge in [0.05, 0.1) is 12.3 Å². The van der Waals surface area contributed by atoms with Gasteiger partial charge in [-0.2, -0.15) is 0 Å². The van der Waals surface area contributed by atoms with Gasteiger partial charge in [0.15, 0.2) is 8.32 Å². The third-order valence-corrected chi connectivity index (χ3v) is 11.1. The van der Waals surface area contributed by atoms with Crippen LogP contribution in [0.3, 0.4) is 0 Å². The van der Waals surface area contributed by atoms with Crippen LogP contribution in [-0.2, 0) is 15.8 Å². The first kappa shape index (κ1) is 27.1. The Morgan fingerprint density at radius 1 is 1.23 bits per heavy atom. The predicted molar refractivity (Wildman–Crippen MR) is 126 cm³/mol. The molecule has 30 heavy (non-hydrogen) atoms. The molecule has 1 aromatic rings. The molecule has 1 heterocycles. The maximum atomic E-state index is 12.5. The van der Waals surface area contributed by atoms with Crippen molar-refractivity contribution in [1.82, 2.24) is 9.88 Å². The normalized spacial score (nSPS) is 15.2. The van der Waals surface area contributed by atoms with E-state index in [1.54, 1.807) is 11.9 Å². The van der Waals surface area contributed by atoms with Crippen molar-refractivity contribution in [2.24, 2.45) is 5.92 Å². The van der Waals surface area contributed by atoms with Crippen molar-refractivity contribution in [1.29, 1.82) is 0 Å². The van der Waals surface area contributed by atoms with E-state index in [2.05, 4.69) is 38.8 Å². The maximum Gasteiger partial charge on any atom is 0.410 e. The lowest BCUT2D eigenvalue weighted by atomic mass is 9.97. The molecule has 0 saturated carbocycles. The average molecular weight is 459 g/mol. The van der Waals surface area contributed by atoms with Gasteiger partial charge in [0.2, 0.25) is 0 Å². The number of nitrogens with zero attached hydrogens (tertiary/aromatic N) is 2. The van der Waals surface area contributed by atoms with E-state index in [9.17, 15) is 9.90 Å². The molecular weight excluding hydrogens is 416 g/mol. The van der Waals surface area contributed by atoms with E-state index in [0.717, 1.165) is 5.69 Å². The van der Waals surface area contributed by atoms with Crippen molar-refractivity contribution < 1.29 is 19.1 Å². The summed E-state index contributed by atoms with van der Waals surface area (Å²) >= 11 is 1.44. The molecule has 1 aromatic heterocycles. The Kier molecular flexibility index (Phi) is 9.12. The highest BCUT2D eigenvalue weighted by atomic mass is 32.1. The van der Waals surface area contributed by atoms with E-state index < -0.39 is 20.0 Å². The van der Waals surface area contributed by atoms with Crippen LogP contribution in [-0.4, -0.2) is 48.1 Å². The summed E-state index contributed by atoms with van der Waals surface area (Å²) in [5.74, 6) is 0.165. The first-order valence-corrected chi connectivity index (χ1v) is 14.5. The fourth-order valence-corrected chi connectivity index (χ4v) is 4.43. The Labute approximate surface area is 188 Å². The van der Waals surface area contributed by atoms with Crippen LogP contribution < -0.4 is 0 Å². The van der Waals surface area contributed by atoms with Gasteiger partial charge in [0, 0.05) is 24.9 Å². The summed E-state index contributed by atoms with van der Waals surface area (Å²) in [6, 6.07) is -0.161. The van der Waals surface area contributed by atoms with Crippen LogP contribution in [0.5, 0.6) is 0 Å². The van der Waals surface area contributed by atoms with Crippen molar-refractivity contribution in [3.63, 3.8) is 0 Å². The molecule has 1 amide bonds. The second-order valence-electron chi connectivity index (χ2n) is 10.9. The van der Waals surface area contributed by atoms with E-state index in [-0.39, 0.29) is 23.1 Å². The number of aromatic nitrogens is 1. The molecule has 0 radical (unpaired) electrons. The Hall–Kier alpha value is -0.963. The number of rotatable bonds is 8. The van der Waals surface area contributed by atoms with Crippen molar-refractivity contribution in [2.75, 3.05) is 7.05 Å². The van der Waals surface area contributed by atoms with Crippen LogP contribution >= 0.6 is 11.3 Å². The van der Waals surface area contributed by atoms with Crippen LogP contribution in [0.1, 0.15) is 78.6 Å². The van der Waals surface area contributed by atoms with Crippen LogP contribution in [0.2, 0.25) is 18.1 Å². The Balaban J connectivity index is 2.80. The van der Waals surface area contributed by atoms with Gasteiger partial charge in [0.1, 0.15) is 16.7 Å². The summed E-state index contributed by atoms with van der Waals surface area (Å²) in [4.78, 5) is 18.7. The molecule has 1 rings (SSSR count). The van der Waals surface area contributed by atoms with Crippen LogP contribution in [0.15, 0.2) is 5.38 Å². The molecule has 174 valence electrons. The second-order valence-corrected chi connectivity index (χ2v) is 16.6. The minimum atomic E-state index is -1.85. The number of aliphatic hydroxyl groups is 1. The average Bonchev–Trinajstić information content (AvgIpc) is 3.03. The topological polar surface area (TPSA) is 71.9 Å². The number of hydrogen-bond donors (Lipinski definition) is 1. The molecule has 0 saturated heterocycles. The van der Waals surface area contributed by atoms with Gasteiger partial charge in [-0.3, -0.25) is 0 Å². The summed E-state index contributed by atoms with van der Waals surface area (Å²) in [6.45, 7) is 21.2. The molecule has 0 aromatic carbocycles. The summed E-state index contributed by atoms with van der Waals surface area (Å²) in [7, 11) is -0.122. The lowest BCUT2D eigenvalue weighted by Crippen LogP contribution is -2.44. The number of hydrogen-bond acceptors (Lipinski definition) is 6. The molecule has 0 spiro atoms. The number of carbonyl (C=O) groups excluding carboxylic acids is 1. The summed E-state index contributed by atoms with van der Waals surface area (Å²) in [5, 5.41) is 13.6. The van der Waals surface area contributed by atoms with E-state index in [4.69, 9.17) is 9.16 Å². The number of aliphatic hydroxyl groups excluding tert-OH is 1. The number of thiazole rings is 1. The third kappa shape index (κ3) is 7.94. The van der Waals surface area contributed by atoms with Crippen molar-refractivity contribution in [3.8, 4) is 0 Å². The fraction of sp³-hybridized carbons (Fsp3) is 0.818. The molecule has 1 N–H and O–H groups in total. The van der Waals surface area contributed by atoms with E-state index >= 15 is 0 Å². The number of ether oxygens (including phenoxy) is 1. The molecule has 0 fully saturated rings. The lowest BCUT2D eigenvalue weighted by molar-refractivity contribution is 0.0106. The Morgan fingerprint density at radius 2 is 1.80 bits per heavy atom. The van der Waals surface area contributed by atoms with Crippen molar-refractivity contribution in [2.45, 2.75) is 104 Å². The number of carbonyl (C=O) groups is 1. The van der Waals surface area contributed by atoms with Gasteiger partial charge in [-0.15, -0.1) is 11.3 Å². The largest absolute Gasteiger partial charge is 0.444 e. The summed E-state index contributed by atoms with van der Waals surface area (Å²) < 4.78 is 11.7. The Morgan fingerprint density at radius 3 is 2.27 bits per heavy atom. The quantitative estimate of drug-likeness (QED) is 0.485. The highest BCUT2D eigenvalue weighted by Gasteiger charge is 2.37. The van der Waals surface area contributed by atoms with E-state index in [1.807, 2.05) is 40.0 Å². The van der Waals surface area contributed by atoms with Crippen LogP contribution in [0, 0.1) is 5.92 Å². The minimum Gasteiger partial charge on any atom is -0.444 e. The van der Waals surface area contributed by atoms with Gasteiger partial charge < -0.3 is 19.2 Å². The molecule has 6 nitrogen and oxygen atoms in total. The summed E-state index contributed by atoms with van der Waals surface area (Å²) in [5.41, 5.74) is 0.292. The molecule has 0 aliphatic carbocycles. The smallest absolute Gasteiger partial charge is 0.410 e. The zero-order valence-electron chi connectivity index (χ0n) is 20.7. The SMILES string of the molecule is CC(C)[C@@H](C[C@H](O)c1nc(CO[Si](C)(C)C(C)(C)C)cs1)N(C)C(=O)OC(C)(C)C. The van der Waals surface area contributed by atoms with Crippen molar-refractivity contribution in [3.05, 3.63) is 16.1 Å². The third-order valence-electron chi connectivity index (χ3n) is 5.65. The molecular formula is C22H42N2O4SSi. The standard InChI is InChI=1S/C22H42N2O4SSi/c1-15(2)17(24(9)20(26)28-21(3,4)5)12-18(25)19-23-16(14-29-19)13-27-30(10,11)22(6,7)8/h14-15,17-18,25H,12-13H2,1-11H3/t17-,18+/m1/s1. The maximum absolute atomic E-state index is 12.5. The van der Waals surface area contributed by atoms with Gasteiger partial charge in [-0.25, -0.2) is 9.78 Å². The monoisotopic (exact) mass is 458 g/mol. The van der Waals surface area contributed by atoms with E-state index in [0.29, 0.717) is 18.0 Å². The van der Waals surface area contributed by atoms with E-state index in [1.165, 1.54) is 11.3 Å². The van der Waals surface area contributed by atoms with Gasteiger partial charge in [-0.1, -0.05) is 34.6 Å². The molecule has 2 atom stereocenters. The van der Waals surface area contributed by atoms with Crippen molar-refractivity contribution >= 4 is 25.7 Å². The molecule has 0 unspecified atom stereocenters. The van der Waals surface area contributed by atoms with Gasteiger partial charge >= 0.3 is 6.09 Å². The predicted octanol–water partition coefficient (Wildman–Crippen LogP) is 5.98. The highest BCUT2D eigenvalue weighted by molar-refractivity contribution is 7.09. The molecule has 0 aliphatic rings. The van der Waals surface area contributed by atoms with Crippen LogP contribution in [0.4, 0.5) is 4.79 Å². The highest BCUT2D eigenvalue weighted by Crippen LogP contribution is 2.37. The van der Waals surface area contributed by atoms with Gasteiger partial charge in [-0.05, 0) is 44.8 Å². The van der Waals surface area contributed by atoms with Crippen LogP contribution in [0.25, 0.3) is 0 Å². The first-order valence-electron chi connectivity index (χ1n) is 10.7. The molecule has 0 aliphatic heterocycles.